The van der Waals surface area contributed by atoms with Crippen molar-refractivity contribution < 1.29 is 4.79 Å². The molecule has 4 nitrogen and oxygen atoms in total. The van der Waals surface area contributed by atoms with Crippen LogP contribution in [0.25, 0.3) is 21.0 Å². The number of nitrogen functional groups attached to an aromatic ring is 1. The molecule has 0 radical (unpaired) electrons. The number of thiophene rings is 1. The highest BCUT2D eigenvalue weighted by molar-refractivity contribution is 7.21. The molecule has 2 heterocycles. The largest absolute Gasteiger partial charge is 0.397 e. The van der Waals surface area contributed by atoms with Gasteiger partial charge in [0, 0.05) is 16.8 Å². The van der Waals surface area contributed by atoms with Gasteiger partial charge in [-0.3, -0.25) is 4.79 Å². The molecule has 0 bridgehead atoms. The molecule has 1 aliphatic rings. The summed E-state index contributed by atoms with van der Waals surface area (Å²) in [6.07, 6.45) is 2.99. The van der Waals surface area contributed by atoms with Crippen LogP contribution in [-0.4, -0.2) is 10.9 Å². The lowest BCUT2D eigenvalue weighted by atomic mass is 9.82. The minimum absolute atomic E-state index is 0.189. The second-order valence-electron chi connectivity index (χ2n) is 8.66. The van der Waals surface area contributed by atoms with E-state index in [2.05, 4.69) is 47.8 Å². The molecule has 5 heteroatoms. The van der Waals surface area contributed by atoms with Crippen molar-refractivity contribution in [2.24, 2.45) is 0 Å². The number of nitrogens with one attached hydrogen (secondary N) is 1. The lowest BCUT2D eigenvalue weighted by Gasteiger charge is -2.24. The summed E-state index contributed by atoms with van der Waals surface area (Å²) in [5.74, 6) is 0.305. The minimum atomic E-state index is -0.189. The molecule has 3 N–H and O–H groups in total. The fraction of sp³-hybridized carbons (Fsp3) is 0.143. The first-order chi connectivity index (χ1) is 16.2. The monoisotopic (exact) mass is 449 g/mol. The Morgan fingerprint density at radius 2 is 1.76 bits per heavy atom. The van der Waals surface area contributed by atoms with Crippen molar-refractivity contribution in [3.05, 3.63) is 101 Å². The Kier molecular flexibility index (Phi) is 4.84. The number of amides is 1. The molecule has 33 heavy (non-hydrogen) atoms. The first-order valence-corrected chi connectivity index (χ1v) is 12.0. The number of hydrogen-bond acceptors (Lipinski definition) is 4. The highest BCUT2D eigenvalue weighted by atomic mass is 32.1. The molecule has 1 unspecified atom stereocenters. The lowest BCUT2D eigenvalue weighted by Crippen LogP contribution is -2.14. The topological polar surface area (TPSA) is 68.0 Å². The quantitative estimate of drug-likeness (QED) is 0.328. The van der Waals surface area contributed by atoms with E-state index in [1.165, 1.54) is 22.5 Å². The van der Waals surface area contributed by atoms with Crippen molar-refractivity contribution in [2.45, 2.75) is 25.2 Å². The van der Waals surface area contributed by atoms with Crippen molar-refractivity contribution >= 4 is 49.6 Å². The Labute approximate surface area is 196 Å². The Hall–Kier alpha value is -3.70. The molecular formula is C28H23N3OS. The molecule has 6 rings (SSSR count). The van der Waals surface area contributed by atoms with E-state index in [9.17, 15) is 4.79 Å². The number of carbonyl (C=O) groups is 1. The maximum absolute atomic E-state index is 13.1. The average Bonchev–Trinajstić information content (AvgIpc) is 3.18. The summed E-state index contributed by atoms with van der Waals surface area (Å²) in [5, 5.41) is 6.12. The third-order valence-corrected chi connectivity index (χ3v) is 7.68. The number of nitrogens with zero attached hydrogens (tertiary/aromatic N) is 1. The van der Waals surface area contributed by atoms with Crippen LogP contribution in [0.5, 0.6) is 0 Å². The number of benzene rings is 3. The van der Waals surface area contributed by atoms with Gasteiger partial charge in [0.25, 0.3) is 5.91 Å². The Balaban J connectivity index is 1.30. The first-order valence-electron chi connectivity index (χ1n) is 11.2. The summed E-state index contributed by atoms with van der Waals surface area (Å²) in [6, 6.07) is 26.8. The number of aryl methyl sites for hydroxylation is 1. The summed E-state index contributed by atoms with van der Waals surface area (Å²) in [4.78, 5) is 19.4. The first kappa shape index (κ1) is 19.9. The molecule has 0 spiro atoms. The second kappa shape index (κ2) is 8.01. The van der Waals surface area contributed by atoms with E-state index in [0.717, 1.165) is 51.6 Å². The normalized spacial score (nSPS) is 15.5. The van der Waals surface area contributed by atoms with Gasteiger partial charge in [-0.2, -0.15) is 0 Å². The van der Waals surface area contributed by atoms with E-state index in [4.69, 9.17) is 10.7 Å². The molecule has 0 saturated heterocycles. The zero-order valence-electron chi connectivity index (χ0n) is 18.0. The van der Waals surface area contributed by atoms with Crippen molar-refractivity contribution in [1.29, 1.82) is 0 Å². The molecule has 3 aromatic carbocycles. The van der Waals surface area contributed by atoms with E-state index in [-0.39, 0.29) is 5.91 Å². The summed E-state index contributed by atoms with van der Waals surface area (Å²) in [7, 11) is 0. The van der Waals surface area contributed by atoms with Crippen LogP contribution in [0.15, 0.2) is 78.9 Å². The summed E-state index contributed by atoms with van der Waals surface area (Å²) in [5.41, 5.74) is 11.5. The van der Waals surface area contributed by atoms with Crippen LogP contribution in [-0.2, 0) is 12.8 Å². The Bertz CT molecular complexity index is 1510. The van der Waals surface area contributed by atoms with E-state index in [0.29, 0.717) is 16.5 Å². The summed E-state index contributed by atoms with van der Waals surface area (Å²) < 4.78 is 0. The van der Waals surface area contributed by atoms with Gasteiger partial charge < -0.3 is 11.1 Å². The van der Waals surface area contributed by atoms with Crippen LogP contribution < -0.4 is 11.1 Å². The average molecular weight is 450 g/mol. The SMILES string of the molecule is Nc1c(C(=O)Nc2ccc3ccccc3c2)sc2nc3c(cc12)CC(c1ccccc1)CC3. The zero-order chi connectivity index (χ0) is 22.4. The summed E-state index contributed by atoms with van der Waals surface area (Å²) >= 11 is 1.38. The van der Waals surface area contributed by atoms with Crippen molar-refractivity contribution in [1.82, 2.24) is 4.98 Å². The minimum Gasteiger partial charge on any atom is -0.397 e. The third kappa shape index (κ3) is 3.64. The van der Waals surface area contributed by atoms with Crippen LogP contribution >= 0.6 is 11.3 Å². The van der Waals surface area contributed by atoms with Gasteiger partial charge in [0.1, 0.15) is 9.71 Å². The molecule has 1 amide bonds. The molecule has 0 saturated carbocycles. The fourth-order valence-corrected chi connectivity index (χ4v) is 5.82. The maximum atomic E-state index is 13.1. The number of aromatic nitrogens is 1. The Morgan fingerprint density at radius 1 is 0.970 bits per heavy atom. The van der Waals surface area contributed by atoms with Crippen molar-refractivity contribution in [2.75, 3.05) is 11.1 Å². The predicted molar refractivity (Wildman–Crippen MR) is 137 cm³/mol. The molecule has 2 aromatic heterocycles. The molecule has 1 atom stereocenters. The number of rotatable bonds is 3. The van der Waals surface area contributed by atoms with Gasteiger partial charge >= 0.3 is 0 Å². The molecule has 0 fully saturated rings. The standard InChI is InChI=1S/C28H23N3OS/c29-25-23-16-21-14-20(17-6-2-1-3-7-17)11-13-24(21)31-28(23)33-26(25)27(32)30-22-12-10-18-8-4-5-9-19(18)15-22/h1-10,12,15-16,20H,11,13-14,29H2,(H,30,32). The van der Waals surface area contributed by atoms with E-state index in [1.54, 1.807) is 0 Å². The second-order valence-corrected chi connectivity index (χ2v) is 9.66. The van der Waals surface area contributed by atoms with Gasteiger partial charge in [-0.25, -0.2) is 4.98 Å². The van der Waals surface area contributed by atoms with E-state index >= 15 is 0 Å². The van der Waals surface area contributed by atoms with Crippen molar-refractivity contribution in [3.8, 4) is 0 Å². The lowest BCUT2D eigenvalue weighted by molar-refractivity contribution is 0.103. The van der Waals surface area contributed by atoms with Crippen LogP contribution in [0.1, 0.15) is 38.8 Å². The molecular weight excluding hydrogens is 426 g/mol. The number of pyridine rings is 1. The summed E-state index contributed by atoms with van der Waals surface area (Å²) in [6.45, 7) is 0. The number of nitrogens with two attached hydrogens (primary N) is 1. The van der Waals surface area contributed by atoms with Gasteiger partial charge in [-0.1, -0.05) is 60.7 Å². The van der Waals surface area contributed by atoms with Gasteiger partial charge in [-0.15, -0.1) is 11.3 Å². The molecule has 5 aromatic rings. The van der Waals surface area contributed by atoms with Crippen LogP contribution in [0.4, 0.5) is 11.4 Å². The number of carbonyl (C=O) groups excluding carboxylic acids is 1. The number of hydrogen-bond donors (Lipinski definition) is 2. The van der Waals surface area contributed by atoms with E-state index in [1.807, 2.05) is 36.4 Å². The highest BCUT2D eigenvalue weighted by Crippen LogP contribution is 2.38. The van der Waals surface area contributed by atoms with Crippen molar-refractivity contribution in [3.63, 3.8) is 0 Å². The zero-order valence-corrected chi connectivity index (χ0v) is 18.9. The van der Waals surface area contributed by atoms with E-state index < -0.39 is 0 Å². The molecule has 0 aliphatic heterocycles. The number of anilines is 2. The number of fused-ring (bicyclic) bond motifs is 3. The van der Waals surface area contributed by atoms with Gasteiger partial charge in [-0.05, 0) is 65.3 Å². The predicted octanol–water partition coefficient (Wildman–Crippen LogP) is 6.56. The molecule has 1 aliphatic carbocycles. The highest BCUT2D eigenvalue weighted by Gasteiger charge is 2.24. The van der Waals surface area contributed by atoms with Gasteiger partial charge in [0.05, 0.1) is 5.69 Å². The smallest absolute Gasteiger partial charge is 0.267 e. The van der Waals surface area contributed by atoms with Gasteiger partial charge in [0.15, 0.2) is 0 Å². The fourth-order valence-electron chi connectivity index (χ4n) is 4.82. The maximum Gasteiger partial charge on any atom is 0.267 e. The van der Waals surface area contributed by atoms with Crippen LogP contribution in [0.2, 0.25) is 0 Å². The third-order valence-electron chi connectivity index (χ3n) is 6.57. The van der Waals surface area contributed by atoms with Crippen LogP contribution in [0, 0.1) is 0 Å². The van der Waals surface area contributed by atoms with Gasteiger partial charge in [0.2, 0.25) is 0 Å². The van der Waals surface area contributed by atoms with Crippen LogP contribution in [0.3, 0.4) is 0 Å². The molecule has 162 valence electrons. The Morgan fingerprint density at radius 3 is 2.61 bits per heavy atom.